The Hall–Kier alpha value is -1.45. The molecule has 3 rings (SSSR count). The summed E-state index contributed by atoms with van der Waals surface area (Å²) in [6.07, 6.45) is 0.660. The summed E-state index contributed by atoms with van der Waals surface area (Å²) in [7, 11) is 0. The van der Waals surface area contributed by atoms with Gasteiger partial charge in [0.2, 0.25) is 0 Å². The third kappa shape index (κ3) is 2.69. The Morgan fingerprint density at radius 2 is 2.05 bits per heavy atom. The first-order valence-electron chi connectivity index (χ1n) is 6.38. The van der Waals surface area contributed by atoms with Crippen LogP contribution in [-0.4, -0.2) is 4.98 Å². The van der Waals surface area contributed by atoms with E-state index < -0.39 is 0 Å². The molecule has 0 saturated heterocycles. The molecule has 0 saturated carbocycles. The van der Waals surface area contributed by atoms with Gasteiger partial charge in [0.1, 0.15) is 5.82 Å². The van der Waals surface area contributed by atoms with Crippen molar-refractivity contribution in [2.24, 2.45) is 0 Å². The molecule has 20 heavy (non-hydrogen) atoms. The molecule has 1 heterocycles. The molecule has 3 aromatic rings. The van der Waals surface area contributed by atoms with Crippen LogP contribution in [0.25, 0.3) is 10.2 Å². The van der Waals surface area contributed by atoms with E-state index in [9.17, 15) is 4.39 Å². The molecule has 1 nitrogen and oxygen atoms in total. The summed E-state index contributed by atoms with van der Waals surface area (Å²) in [6, 6.07) is 12.8. The van der Waals surface area contributed by atoms with Gasteiger partial charge in [-0.05, 0) is 42.3 Å². The number of thiazole rings is 1. The van der Waals surface area contributed by atoms with Crippen LogP contribution >= 0.6 is 22.9 Å². The summed E-state index contributed by atoms with van der Waals surface area (Å²) in [5, 5.41) is 0.825. The fourth-order valence-corrected chi connectivity index (χ4v) is 3.76. The molecular formula is C16H13ClFNS. The molecule has 0 aliphatic rings. The predicted molar refractivity (Wildman–Crippen MR) is 83.1 cm³/mol. The third-order valence-corrected chi connectivity index (χ3v) is 4.71. The van der Waals surface area contributed by atoms with Gasteiger partial charge in [-0.3, -0.25) is 0 Å². The number of nitrogens with zero attached hydrogens (tertiary/aromatic N) is 1. The van der Waals surface area contributed by atoms with Crippen molar-refractivity contribution >= 4 is 33.2 Å². The van der Waals surface area contributed by atoms with E-state index >= 15 is 0 Å². The maximum atomic E-state index is 13.1. The fourth-order valence-electron chi connectivity index (χ4n) is 2.26. The van der Waals surface area contributed by atoms with Crippen LogP contribution in [0.4, 0.5) is 4.39 Å². The van der Waals surface area contributed by atoms with Gasteiger partial charge in [0.15, 0.2) is 0 Å². The monoisotopic (exact) mass is 305 g/mol. The van der Waals surface area contributed by atoms with Gasteiger partial charge in [0, 0.05) is 6.42 Å². The molecular weight excluding hydrogens is 293 g/mol. The average molecular weight is 306 g/mol. The molecule has 0 bridgehead atoms. The van der Waals surface area contributed by atoms with Crippen molar-refractivity contribution in [1.82, 2.24) is 4.98 Å². The number of rotatable bonds is 3. The number of benzene rings is 2. The number of halogens is 2. The summed E-state index contributed by atoms with van der Waals surface area (Å²) in [6.45, 7) is 1.88. The number of alkyl halides is 1. The van der Waals surface area contributed by atoms with Crippen molar-refractivity contribution < 1.29 is 4.39 Å². The SMILES string of the molecule is Cc1cc(F)ccc1C(Cl)Cc1nc2ccccc2s1. The molecule has 0 spiro atoms. The van der Waals surface area contributed by atoms with Crippen LogP contribution in [0.1, 0.15) is 21.5 Å². The maximum Gasteiger partial charge on any atom is 0.123 e. The zero-order valence-electron chi connectivity index (χ0n) is 10.9. The largest absolute Gasteiger partial charge is 0.241 e. The maximum absolute atomic E-state index is 13.1. The molecule has 0 amide bonds. The second-order valence-electron chi connectivity index (χ2n) is 4.75. The summed E-state index contributed by atoms with van der Waals surface area (Å²) in [5.74, 6) is -0.227. The second kappa shape index (κ2) is 5.51. The molecule has 102 valence electrons. The Labute approximate surface area is 126 Å². The lowest BCUT2D eigenvalue weighted by Gasteiger charge is -2.11. The van der Waals surface area contributed by atoms with Gasteiger partial charge in [0.25, 0.3) is 0 Å². The fraction of sp³-hybridized carbons (Fsp3) is 0.188. The quantitative estimate of drug-likeness (QED) is 0.601. The first kappa shape index (κ1) is 13.5. The van der Waals surface area contributed by atoms with Gasteiger partial charge in [-0.1, -0.05) is 18.2 Å². The highest BCUT2D eigenvalue weighted by molar-refractivity contribution is 7.18. The van der Waals surface area contributed by atoms with Crippen LogP contribution in [0.3, 0.4) is 0 Å². The first-order chi connectivity index (χ1) is 9.63. The molecule has 0 aliphatic carbocycles. The van der Waals surface area contributed by atoms with Crippen LogP contribution in [-0.2, 0) is 6.42 Å². The molecule has 0 aliphatic heterocycles. The third-order valence-electron chi connectivity index (χ3n) is 3.26. The summed E-state index contributed by atoms with van der Waals surface area (Å²) in [5.41, 5.74) is 2.85. The van der Waals surface area contributed by atoms with E-state index in [0.29, 0.717) is 6.42 Å². The Balaban J connectivity index is 1.86. The van der Waals surface area contributed by atoms with E-state index in [2.05, 4.69) is 11.1 Å². The van der Waals surface area contributed by atoms with Crippen molar-refractivity contribution in [3.63, 3.8) is 0 Å². The van der Waals surface area contributed by atoms with E-state index in [1.54, 1.807) is 17.4 Å². The molecule has 1 unspecified atom stereocenters. The van der Waals surface area contributed by atoms with Crippen molar-refractivity contribution in [2.75, 3.05) is 0 Å². The van der Waals surface area contributed by atoms with Crippen molar-refractivity contribution in [3.8, 4) is 0 Å². The van der Waals surface area contributed by atoms with Crippen LogP contribution in [0.5, 0.6) is 0 Å². The summed E-state index contributed by atoms with van der Waals surface area (Å²) >= 11 is 8.13. The van der Waals surface area contributed by atoms with Gasteiger partial charge in [0.05, 0.1) is 20.6 Å². The van der Waals surface area contributed by atoms with Crippen molar-refractivity contribution in [2.45, 2.75) is 18.7 Å². The van der Waals surface area contributed by atoms with Crippen molar-refractivity contribution in [3.05, 3.63) is 64.4 Å². The highest BCUT2D eigenvalue weighted by Crippen LogP contribution is 2.31. The molecule has 1 aromatic heterocycles. The number of aromatic nitrogens is 1. The summed E-state index contributed by atoms with van der Waals surface area (Å²) < 4.78 is 14.3. The summed E-state index contributed by atoms with van der Waals surface area (Å²) in [4.78, 5) is 4.59. The molecule has 0 fully saturated rings. The minimum atomic E-state index is -0.227. The number of aryl methyl sites for hydroxylation is 1. The standard InChI is InChI=1S/C16H13ClFNS/c1-10-8-11(18)6-7-12(10)13(17)9-16-19-14-4-2-3-5-15(14)20-16/h2-8,13H,9H2,1H3. The van der Waals surface area contributed by atoms with Crippen LogP contribution in [0.2, 0.25) is 0 Å². The Kier molecular flexibility index (Phi) is 3.72. The highest BCUT2D eigenvalue weighted by Gasteiger charge is 2.14. The lowest BCUT2D eigenvalue weighted by molar-refractivity contribution is 0.625. The van der Waals surface area contributed by atoms with E-state index in [-0.39, 0.29) is 11.2 Å². The molecule has 0 radical (unpaired) electrons. The first-order valence-corrected chi connectivity index (χ1v) is 7.63. The lowest BCUT2D eigenvalue weighted by Crippen LogP contribution is -1.98. The predicted octanol–water partition coefficient (Wildman–Crippen LogP) is 5.27. The van der Waals surface area contributed by atoms with Crippen molar-refractivity contribution in [1.29, 1.82) is 0 Å². The number of hydrogen-bond donors (Lipinski definition) is 0. The van der Waals surface area contributed by atoms with Crippen LogP contribution in [0.15, 0.2) is 42.5 Å². The van der Waals surface area contributed by atoms with Gasteiger partial charge >= 0.3 is 0 Å². The molecule has 0 N–H and O–H groups in total. The number of hydrogen-bond acceptors (Lipinski definition) is 2. The van der Waals surface area contributed by atoms with E-state index in [1.807, 2.05) is 25.1 Å². The molecule has 4 heteroatoms. The minimum Gasteiger partial charge on any atom is -0.241 e. The molecule has 1 atom stereocenters. The Morgan fingerprint density at radius 3 is 2.80 bits per heavy atom. The zero-order valence-corrected chi connectivity index (χ0v) is 12.5. The zero-order chi connectivity index (χ0) is 14.1. The Bertz CT molecular complexity index is 720. The Morgan fingerprint density at radius 1 is 1.25 bits per heavy atom. The lowest BCUT2D eigenvalue weighted by atomic mass is 10.0. The van der Waals surface area contributed by atoms with Crippen LogP contribution < -0.4 is 0 Å². The van der Waals surface area contributed by atoms with Gasteiger partial charge < -0.3 is 0 Å². The van der Waals surface area contributed by atoms with Gasteiger partial charge in [-0.25, -0.2) is 9.37 Å². The second-order valence-corrected chi connectivity index (χ2v) is 6.39. The van der Waals surface area contributed by atoms with Gasteiger partial charge in [-0.15, -0.1) is 22.9 Å². The van der Waals surface area contributed by atoms with E-state index in [1.165, 1.54) is 16.8 Å². The number of para-hydroxylation sites is 1. The number of fused-ring (bicyclic) bond motifs is 1. The smallest absolute Gasteiger partial charge is 0.123 e. The van der Waals surface area contributed by atoms with Crippen LogP contribution in [0, 0.1) is 12.7 Å². The normalized spacial score (nSPS) is 12.8. The molecule has 2 aromatic carbocycles. The van der Waals surface area contributed by atoms with E-state index in [4.69, 9.17) is 11.6 Å². The average Bonchev–Trinajstić information content (AvgIpc) is 2.80. The topological polar surface area (TPSA) is 12.9 Å². The van der Waals surface area contributed by atoms with E-state index in [0.717, 1.165) is 21.7 Å². The van der Waals surface area contributed by atoms with Gasteiger partial charge in [-0.2, -0.15) is 0 Å². The minimum absolute atomic E-state index is 0.184. The highest BCUT2D eigenvalue weighted by atomic mass is 35.5.